The van der Waals surface area contributed by atoms with Crippen LogP contribution in [0, 0.1) is 5.82 Å². The number of Topliss-reactive ketones (excluding diaryl/α,β-unsaturated/α-hetero) is 1. The minimum Gasteiger partial charge on any atom is -0.465 e. The maximum atomic E-state index is 12.9. The molecule has 6 heteroatoms. The van der Waals surface area contributed by atoms with Gasteiger partial charge < -0.3 is 10.4 Å². The molecule has 1 aromatic carbocycles. The second-order valence-corrected chi connectivity index (χ2v) is 4.65. The van der Waals surface area contributed by atoms with Crippen LogP contribution < -0.4 is 5.32 Å². The van der Waals surface area contributed by atoms with Crippen molar-refractivity contribution in [3.63, 3.8) is 0 Å². The first-order valence-electron chi connectivity index (χ1n) is 5.83. The Kier molecular flexibility index (Phi) is 5.95. The molecular weight excluding hydrogens is 317 g/mol. The maximum absolute atomic E-state index is 12.9. The summed E-state index contributed by atoms with van der Waals surface area (Å²) in [5.74, 6) is -0.937. The van der Waals surface area contributed by atoms with Crippen molar-refractivity contribution < 1.29 is 19.1 Å². The summed E-state index contributed by atoms with van der Waals surface area (Å²) in [5, 5.41) is 11.1. The normalized spacial score (nSPS) is 13.6. The largest absolute Gasteiger partial charge is 0.465 e. The van der Waals surface area contributed by atoms with Gasteiger partial charge in [-0.3, -0.25) is 4.79 Å². The molecule has 4 nitrogen and oxygen atoms in total. The van der Waals surface area contributed by atoms with E-state index in [2.05, 4.69) is 21.2 Å². The van der Waals surface area contributed by atoms with Gasteiger partial charge in [0.1, 0.15) is 5.82 Å². The minimum atomic E-state index is -1.25. The van der Waals surface area contributed by atoms with E-state index in [1.54, 1.807) is 12.1 Å². The number of amides is 1. The van der Waals surface area contributed by atoms with Crippen LogP contribution in [0.3, 0.4) is 0 Å². The van der Waals surface area contributed by atoms with Crippen molar-refractivity contribution in [3.8, 4) is 0 Å². The van der Waals surface area contributed by atoms with Crippen LogP contribution in [0.5, 0.6) is 0 Å². The number of carbonyl (C=O) groups is 2. The molecule has 0 saturated carbocycles. The van der Waals surface area contributed by atoms with Gasteiger partial charge in [-0.2, -0.15) is 0 Å². The molecule has 2 atom stereocenters. The predicted octanol–water partition coefficient (Wildman–Crippen LogP) is 2.92. The summed E-state index contributed by atoms with van der Waals surface area (Å²) in [7, 11) is 0. The van der Waals surface area contributed by atoms with Gasteiger partial charge in [-0.05, 0) is 24.1 Å². The highest BCUT2D eigenvalue weighted by Crippen LogP contribution is 2.24. The molecule has 19 heavy (non-hydrogen) atoms. The number of hydrogen-bond acceptors (Lipinski definition) is 2. The van der Waals surface area contributed by atoms with E-state index in [9.17, 15) is 14.0 Å². The van der Waals surface area contributed by atoms with Gasteiger partial charge in [-0.25, -0.2) is 9.18 Å². The van der Waals surface area contributed by atoms with E-state index in [0.29, 0.717) is 6.42 Å². The van der Waals surface area contributed by atoms with Crippen LogP contribution in [-0.2, 0) is 4.79 Å². The summed E-state index contributed by atoms with van der Waals surface area (Å²) in [6.45, 7) is 1.85. The topological polar surface area (TPSA) is 66.4 Å². The van der Waals surface area contributed by atoms with E-state index < -0.39 is 12.1 Å². The number of hydrogen-bond donors (Lipinski definition) is 2. The average molecular weight is 332 g/mol. The lowest BCUT2D eigenvalue weighted by molar-refractivity contribution is -0.118. The Morgan fingerprint density at radius 3 is 2.37 bits per heavy atom. The Labute approximate surface area is 119 Å². The van der Waals surface area contributed by atoms with E-state index in [1.165, 1.54) is 12.1 Å². The molecule has 104 valence electrons. The van der Waals surface area contributed by atoms with Crippen molar-refractivity contribution in [1.29, 1.82) is 0 Å². The fourth-order valence-electron chi connectivity index (χ4n) is 2.00. The van der Waals surface area contributed by atoms with Crippen LogP contribution in [0.15, 0.2) is 24.3 Å². The van der Waals surface area contributed by atoms with Crippen LogP contribution >= 0.6 is 15.9 Å². The van der Waals surface area contributed by atoms with Crippen molar-refractivity contribution in [2.24, 2.45) is 0 Å². The zero-order valence-electron chi connectivity index (χ0n) is 10.4. The smallest absolute Gasteiger partial charge is 0.405 e. The molecule has 0 spiro atoms. The van der Waals surface area contributed by atoms with Crippen molar-refractivity contribution in [1.82, 2.24) is 5.32 Å². The van der Waals surface area contributed by atoms with Crippen LogP contribution in [0.4, 0.5) is 9.18 Å². The Morgan fingerprint density at radius 2 is 1.95 bits per heavy atom. The van der Waals surface area contributed by atoms with Crippen LogP contribution in [0.25, 0.3) is 0 Å². The molecule has 0 bridgehead atoms. The van der Waals surface area contributed by atoms with Gasteiger partial charge in [0.2, 0.25) is 0 Å². The first-order valence-corrected chi connectivity index (χ1v) is 6.95. The molecule has 0 fully saturated rings. The summed E-state index contributed by atoms with van der Waals surface area (Å²) in [5.41, 5.74) is 0.733. The number of carboxylic acid groups (broad SMARTS) is 1. The zero-order valence-corrected chi connectivity index (χ0v) is 12.0. The molecule has 2 N–H and O–H groups in total. The summed E-state index contributed by atoms with van der Waals surface area (Å²) in [4.78, 5) is 22.6. The highest BCUT2D eigenvalue weighted by Gasteiger charge is 2.29. The predicted molar refractivity (Wildman–Crippen MR) is 73.2 cm³/mol. The van der Waals surface area contributed by atoms with Gasteiger partial charge in [0.25, 0.3) is 0 Å². The molecule has 1 aromatic rings. The summed E-state index contributed by atoms with van der Waals surface area (Å²) >= 11 is 3.04. The minimum absolute atomic E-state index is 0.0651. The third-order valence-electron chi connectivity index (χ3n) is 2.90. The van der Waals surface area contributed by atoms with Crippen LogP contribution in [0.1, 0.15) is 24.8 Å². The van der Waals surface area contributed by atoms with E-state index in [-0.39, 0.29) is 22.8 Å². The second-order valence-electron chi connectivity index (χ2n) is 4.09. The van der Waals surface area contributed by atoms with Gasteiger partial charge in [-0.15, -0.1) is 0 Å². The Hall–Kier alpha value is -1.43. The molecule has 1 rings (SSSR count). The standard InChI is InChI=1S/C13H15BrFNO3/c1-2-10(8-3-5-9(15)6-4-8)12(11(17)7-14)16-13(18)19/h3-6,10,12,16H,2,7H2,1H3,(H,18,19)/t10-,12-/m0/s1. The summed E-state index contributed by atoms with van der Waals surface area (Å²) < 4.78 is 12.9. The molecule has 1 amide bonds. The maximum Gasteiger partial charge on any atom is 0.405 e. The number of carbonyl (C=O) groups excluding carboxylic acids is 1. The lowest BCUT2D eigenvalue weighted by atomic mass is 9.87. The van der Waals surface area contributed by atoms with Gasteiger partial charge >= 0.3 is 6.09 Å². The molecular formula is C13H15BrFNO3. The highest BCUT2D eigenvalue weighted by molar-refractivity contribution is 9.09. The SMILES string of the molecule is CC[C@@H](c1ccc(F)cc1)[C@H](NC(=O)O)C(=O)CBr. The molecule has 0 aliphatic rings. The van der Waals surface area contributed by atoms with Crippen LogP contribution in [-0.4, -0.2) is 28.4 Å². The van der Waals surface area contributed by atoms with Crippen molar-refractivity contribution in [2.45, 2.75) is 25.3 Å². The average Bonchev–Trinajstić information content (AvgIpc) is 2.39. The fourth-order valence-corrected chi connectivity index (χ4v) is 2.34. The van der Waals surface area contributed by atoms with Crippen molar-refractivity contribution >= 4 is 27.8 Å². The van der Waals surface area contributed by atoms with Crippen molar-refractivity contribution in [3.05, 3.63) is 35.6 Å². The molecule has 0 heterocycles. The van der Waals surface area contributed by atoms with E-state index in [0.717, 1.165) is 5.56 Å². The number of ketones is 1. The highest BCUT2D eigenvalue weighted by atomic mass is 79.9. The van der Waals surface area contributed by atoms with Crippen LogP contribution in [0.2, 0.25) is 0 Å². The number of rotatable bonds is 6. The number of nitrogens with one attached hydrogen (secondary N) is 1. The quantitative estimate of drug-likeness (QED) is 0.787. The second kappa shape index (κ2) is 7.23. The lowest BCUT2D eigenvalue weighted by Gasteiger charge is -2.25. The van der Waals surface area contributed by atoms with E-state index >= 15 is 0 Å². The Morgan fingerprint density at radius 1 is 1.37 bits per heavy atom. The number of halogens is 2. The first-order chi connectivity index (χ1) is 8.99. The Bertz CT molecular complexity index is 450. The number of benzene rings is 1. The molecule has 0 aliphatic heterocycles. The van der Waals surface area contributed by atoms with Gasteiger partial charge in [0, 0.05) is 5.92 Å². The molecule has 0 saturated heterocycles. The summed E-state index contributed by atoms with van der Waals surface area (Å²) in [6, 6.07) is 4.90. The number of alkyl halides is 1. The van der Waals surface area contributed by atoms with Gasteiger partial charge in [-0.1, -0.05) is 35.0 Å². The molecule has 0 aliphatic carbocycles. The third kappa shape index (κ3) is 4.31. The zero-order chi connectivity index (χ0) is 14.4. The molecule has 0 radical (unpaired) electrons. The van der Waals surface area contributed by atoms with Gasteiger partial charge in [0.05, 0.1) is 11.4 Å². The molecule has 0 unspecified atom stereocenters. The first kappa shape index (κ1) is 15.6. The van der Waals surface area contributed by atoms with Gasteiger partial charge in [0.15, 0.2) is 5.78 Å². The Balaban J connectivity index is 3.04. The van der Waals surface area contributed by atoms with E-state index in [4.69, 9.17) is 5.11 Å². The lowest BCUT2D eigenvalue weighted by Crippen LogP contribution is -2.44. The van der Waals surface area contributed by atoms with E-state index in [1.807, 2.05) is 6.92 Å². The van der Waals surface area contributed by atoms with Crippen molar-refractivity contribution in [2.75, 3.05) is 5.33 Å². The molecule has 0 aromatic heterocycles. The third-order valence-corrected chi connectivity index (χ3v) is 3.45. The summed E-state index contributed by atoms with van der Waals surface area (Å²) in [6.07, 6.45) is -0.685. The fraction of sp³-hybridized carbons (Fsp3) is 0.385. The monoisotopic (exact) mass is 331 g/mol.